The number of amidine groups is 1. The Bertz CT molecular complexity index is 1790. The minimum Gasteiger partial charge on any atom is -0.326 e. The molecule has 0 bridgehead atoms. The van der Waals surface area contributed by atoms with Crippen LogP contribution in [0.1, 0.15) is 70.3 Å². The number of benzene rings is 3. The highest BCUT2D eigenvalue weighted by Crippen LogP contribution is 2.47. The Balaban J connectivity index is 1.54. The molecule has 5 rings (SSSR count). The van der Waals surface area contributed by atoms with Crippen LogP contribution in [0.15, 0.2) is 76.9 Å². The zero-order valence-corrected chi connectivity index (χ0v) is 27.1. The van der Waals surface area contributed by atoms with Gasteiger partial charge in [-0.1, -0.05) is 78.5 Å². The van der Waals surface area contributed by atoms with Crippen LogP contribution >= 0.6 is 23.2 Å². The maximum absolute atomic E-state index is 14.4. The van der Waals surface area contributed by atoms with Crippen molar-refractivity contribution in [1.82, 2.24) is 15.1 Å². The van der Waals surface area contributed by atoms with E-state index in [1.807, 2.05) is 0 Å². The van der Waals surface area contributed by atoms with Gasteiger partial charge in [0.15, 0.2) is 5.84 Å². The summed E-state index contributed by atoms with van der Waals surface area (Å²) in [6.45, 7) is -0.0399. The van der Waals surface area contributed by atoms with Crippen molar-refractivity contribution in [3.8, 4) is 0 Å². The van der Waals surface area contributed by atoms with E-state index in [2.05, 4.69) is 20.4 Å². The van der Waals surface area contributed by atoms with Crippen LogP contribution in [0.3, 0.4) is 0 Å². The van der Waals surface area contributed by atoms with Gasteiger partial charge >= 0.3 is 0 Å². The van der Waals surface area contributed by atoms with Crippen LogP contribution in [0.25, 0.3) is 0 Å². The number of rotatable bonds is 9. The summed E-state index contributed by atoms with van der Waals surface area (Å²) in [5.41, 5.74) is 12.3. The van der Waals surface area contributed by atoms with E-state index >= 15 is 0 Å². The fraction of sp³-hybridized carbons (Fsp3) is 0.323. The molecule has 3 aromatic rings. The van der Waals surface area contributed by atoms with Crippen molar-refractivity contribution in [1.29, 1.82) is 5.53 Å². The topological polar surface area (TPSA) is 179 Å². The molecule has 0 radical (unpaired) electrons. The highest BCUT2D eigenvalue weighted by atomic mass is 35.5. The maximum atomic E-state index is 14.4. The molecule has 1 heterocycles. The molecule has 1 aliphatic heterocycles. The molecule has 0 aromatic heterocycles. The van der Waals surface area contributed by atoms with E-state index < -0.39 is 40.0 Å². The summed E-state index contributed by atoms with van der Waals surface area (Å²) in [6.07, 6.45) is 3.68. The van der Waals surface area contributed by atoms with Crippen LogP contribution in [-0.2, 0) is 26.3 Å². The number of carbonyl (C=O) groups excluding carboxylic acids is 2. The predicted molar refractivity (Wildman–Crippen MR) is 174 cm³/mol. The van der Waals surface area contributed by atoms with Crippen molar-refractivity contribution in [3.63, 3.8) is 0 Å². The quantitative estimate of drug-likeness (QED) is 0.0806. The molecule has 15 heteroatoms. The Labute approximate surface area is 276 Å². The first kappa shape index (κ1) is 33.5. The van der Waals surface area contributed by atoms with Crippen molar-refractivity contribution >= 4 is 50.9 Å². The number of nitrogens with zero attached hydrogens (tertiary/aromatic N) is 3. The van der Waals surface area contributed by atoms with E-state index in [4.69, 9.17) is 39.4 Å². The molecule has 1 saturated carbocycles. The Morgan fingerprint density at radius 3 is 2.54 bits per heavy atom. The lowest BCUT2D eigenvalue weighted by molar-refractivity contribution is -0.138. The fourth-order valence-electron chi connectivity index (χ4n) is 6.35. The highest BCUT2D eigenvalue weighted by Gasteiger charge is 2.49. The monoisotopic (exact) mass is 685 g/mol. The number of fused-ring (bicyclic) bond motifs is 1. The van der Waals surface area contributed by atoms with Gasteiger partial charge in [0.25, 0.3) is 11.8 Å². The van der Waals surface area contributed by atoms with Crippen molar-refractivity contribution in [2.24, 2.45) is 16.1 Å². The van der Waals surface area contributed by atoms with E-state index in [1.54, 1.807) is 71.6 Å². The van der Waals surface area contributed by atoms with Crippen LogP contribution in [0.2, 0.25) is 10.0 Å². The van der Waals surface area contributed by atoms with Crippen molar-refractivity contribution in [2.75, 3.05) is 6.26 Å². The van der Waals surface area contributed by atoms with Crippen LogP contribution in [0.4, 0.5) is 0 Å². The molecule has 0 spiro atoms. The fourth-order valence-corrected chi connectivity index (χ4v) is 7.70. The van der Waals surface area contributed by atoms with Crippen LogP contribution < -0.4 is 16.0 Å². The second-order valence-corrected chi connectivity index (χ2v) is 13.9. The molecule has 12 nitrogen and oxygen atoms in total. The van der Waals surface area contributed by atoms with Gasteiger partial charge in [-0.2, -0.15) is 5.10 Å². The third-order valence-electron chi connectivity index (χ3n) is 8.22. The smallest absolute Gasteiger partial charge is 0.255 e. The normalized spacial score (nSPS) is 21.8. The number of hydrazone groups is 1. The second-order valence-electron chi connectivity index (χ2n) is 11.3. The average Bonchev–Trinajstić information content (AvgIpc) is 3.02. The van der Waals surface area contributed by atoms with E-state index in [0.29, 0.717) is 45.7 Å². The number of hydroxylamine groups is 1. The summed E-state index contributed by atoms with van der Waals surface area (Å²) in [5, 5.41) is 7.44. The first-order valence-corrected chi connectivity index (χ1v) is 17.2. The van der Waals surface area contributed by atoms with E-state index in [-0.39, 0.29) is 23.4 Å². The molecule has 1 fully saturated rings. The summed E-state index contributed by atoms with van der Waals surface area (Å²) >= 11 is 13.0. The molecule has 1 aliphatic carbocycles. The van der Waals surface area contributed by atoms with Gasteiger partial charge in [0.2, 0.25) is 10.0 Å². The van der Waals surface area contributed by atoms with Gasteiger partial charge in [-0.15, -0.1) is 5.11 Å². The lowest BCUT2D eigenvalue weighted by atomic mass is 9.76. The summed E-state index contributed by atoms with van der Waals surface area (Å²) in [7, 11) is -3.61. The third-order valence-corrected chi connectivity index (χ3v) is 9.51. The zero-order chi connectivity index (χ0) is 33.0. The predicted octanol–water partition coefficient (Wildman–Crippen LogP) is 5.03. The summed E-state index contributed by atoms with van der Waals surface area (Å²) < 4.78 is 27.5. The molecular weight excluding hydrogens is 653 g/mol. The number of sulfonamides is 1. The Hall–Kier alpha value is -3.88. The number of hydrogen-bond acceptors (Lipinski definition) is 8. The number of amides is 2. The minimum atomic E-state index is -3.61. The standard InChI is InChI=1S/C31H33Cl2N7O5S/c1-46(43,44)39-25-11-4-5-12-26(25)40-28(23-14-13-20(32)16-24(23)33)27(21-9-2-3-10-22(21)31(40)42)30(41)38-45-17-18-7-6-8-19(15-18)29(36-34)37-35/h2-3,6-10,13-16,25-28,34,39H,4-5,11-12,17,35H2,1H3,(H,38,41)/t25-,26-,27+,28-/m0/s1. The minimum absolute atomic E-state index is 0.0310. The summed E-state index contributed by atoms with van der Waals surface area (Å²) in [4.78, 5) is 35.9. The van der Waals surface area contributed by atoms with E-state index in [9.17, 15) is 18.0 Å². The highest BCUT2D eigenvalue weighted by molar-refractivity contribution is 7.88. The maximum Gasteiger partial charge on any atom is 0.255 e. The third kappa shape index (κ3) is 7.24. The van der Waals surface area contributed by atoms with Gasteiger partial charge in [-0.05, 0) is 53.8 Å². The molecule has 2 aliphatic rings. The molecule has 5 N–H and O–H groups in total. The lowest BCUT2D eigenvalue weighted by Crippen LogP contribution is -2.59. The molecule has 3 aromatic carbocycles. The second kappa shape index (κ2) is 14.3. The summed E-state index contributed by atoms with van der Waals surface area (Å²) in [6, 6.07) is 16.5. The SMILES string of the molecule is CS(=O)(=O)N[C@H]1CCCC[C@@H]1N1C(=O)c2ccccc2[C@@H](C(=O)NOCc2cccc(C(N=N)=NN)c2)[C@@H]1c1ccc(Cl)cc1Cl. The molecule has 242 valence electrons. The Morgan fingerprint density at radius 2 is 1.83 bits per heavy atom. The van der Waals surface area contributed by atoms with Gasteiger partial charge in [0.1, 0.15) is 0 Å². The van der Waals surface area contributed by atoms with Gasteiger partial charge in [-0.3, -0.25) is 14.4 Å². The van der Waals surface area contributed by atoms with Crippen molar-refractivity contribution < 1.29 is 22.8 Å². The molecule has 0 unspecified atom stereocenters. The number of nitrogens with one attached hydrogen (secondary N) is 3. The van der Waals surface area contributed by atoms with E-state index in [0.717, 1.165) is 19.1 Å². The molecule has 46 heavy (non-hydrogen) atoms. The van der Waals surface area contributed by atoms with Crippen LogP contribution in [0.5, 0.6) is 0 Å². The molecular formula is C31H33Cl2N7O5S. The van der Waals surface area contributed by atoms with E-state index in [1.165, 1.54) is 0 Å². The number of carbonyl (C=O) groups is 2. The van der Waals surface area contributed by atoms with Crippen molar-refractivity contribution in [2.45, 2.75) is 56.3 Å². The number of nitrogens with two attached hydrogens (primary N) is 1. The number of hydrogen-bond donors (Lipinski definition) is 4. The number of halogens is 2. The largest absolute Gasteiger partial charge is 0.326 e. The van der Waals surface area contributed by atoms with Gasteiger partial charge in [-0.25, -0.2) is 24.2 Å². The zero-order valence-electron chi connectivity index (χ0n) is 24.8. The molecule has 2 amide bonds. The van der Waals surface area contributed by atoms with Gasteiger partial charge < -0.3 is 10.7 Å². The first-order chi connectivity index (χ1) is 22.0. The molecule has 0 saturated heterocycles. The summed E-state index contributed by atoms with van der Waals surface area (Å²) in [5.74, 6) is 3.50. The van der Waals surface area contributed by atoms with Gasteiger partial charge in [0, 0.05) is 33.3 Å². The van der Waals surface area contributed by atoms with Gasteiger partial charge in [0.05, 0.1) is 24.8 Å². The van der Waals surface area contributed by atoms with Crippen LogP contribution in [0, 0.1) is 5.53 Å². The Kier molecular flexibility index (Phi) is 10.4. The molecule has 4 atom stereocenters. The van der Waals surface area contributed by atoms with Crippen LogP contribution in [-0.4, -0.2) is 49.3 Å². The Morgan fingerprint density at radius 1 is 1.07 bits per heavy atom. The lowest BCUT2D eigenvalue weighted by Gasteiger charge is -2.49. The average molecular weight is 687 g/mol. The van der Waals surface area contributed by atoms with Crippen molar-refractivity contribution in [3.05, 3.63) is 105 Å². The first-order valence-electron chi connectivity index (χ1n) is 14.5.